The largest absolute Gasteiger partial charge is 0.488 e. The third-order valence-corrected chi connectivity index (χ3v) is 5.34. The molecule has 3 rings (SSSR count). The quantitative estimate of drug-likeness (QED) is 0.165. The molecule has 138 valence electrons. The Balaban J connectivity index is 1.69. The summed E-state index contributed by atoms with van der Waals surface area (Å²) >= 11 is 9.01. The smallest absolute Gasteiger partial charge is 0.307 e. The Hall–Kier alpha value is -1.65. The molecule has 1 heterocycles. The molecule has 3 aromatic rings. The summed E-state index contributed by atoms with van der Waals surface area (Å²) < 4.78 is 13.7. The summed E-state index contributed by atoms with van der Waals surface area (Å²) in [6.45, 7) is 4.07. The van der Waals surface area contributed by atoms with Crippen molar-refractivity contribution in [3.8, 4) is 5.75 Å². The van der Waals surface area contributed by atoms with Gasteiger partial charge < -0.3 is 9.15 Å². The van der Waals surface area contributed by atoms with Crippen molar-refractivity contribution in [1.29, 1.82) is 0 Å². The summed E-state index contributed by atoms with van der Waals surface area (Å²) in [5, 5.41) is 4.81. The van der Waals surface area contributed by atoms with Crippen LogP contribution in [0.25, 0.3) is 11.0 Å². The van der Waals surface area contributed by atoms with Gasteiger partial charge in [0.1, 0.15) is 17.9 Å². The van der Waals surface area contributed by atoms with Gasteiger partial charge in [0, 0.05) is 9.86 Å². The van der Waals surface area contributed by atoms with Crippen LogP contribution < -0.4 is 10.2 Å². The van der Waals surface area contributed by atoms with Gasteiger partial charge in [-0.15, -0.1) is 0 Å². The molecule has 0 fully saturated rings. The van der Waals surface area contributed by atoms with Crippen molar-refractivity contribution >= 4 is 77.5 Å². The van der Waals surface area contributed by atoms with Gasteiger partial charge in [0.25, 0.3) is 0 Å². The number of hydrazone groups is 1. The number of carbonyl (C=O) groups excluding carboxylic acids is 1. The molecular formula is C19H13Br2IN2O3. The molecule has 0 unspecified atom stereocenters. The fourth-order valence-electron chi connectivity index (χ4n) is 2.27. The van der Waals surface area contributed by atoms with Gasteiger partial charge in [-0.1, -0.05) is 28.6 Å². The highest BCUT2D eigenvalue weighted by Gasteiger charge is 2.14. The van der Waals surface area contributed by atoms with Crippen LogP contribution in [0.2, 0.25) is 0 Å². The molecule has 0 saturated carbocycles. The minimum atomic E-state index is -0.425. The van der Waals surface area contributed by atoms with Crippen LogP contribution in [0.5, 0.6) is 5.75 Å². The van der Waals surface area contributed by atoms with Gasteiger partial charge in [-0.3, -0.25) is 4.79 Å². The number of halogens is 3. The number of ether oxygens (including phenoxy) is 1. The van der Waals surface area contributed by atoms with Crippen molar-refractivity contribution in [2.75, 3.05) is 6.61 Å². The first kappa shape index (κ1) is 20.1. The maximum Gasteiger partial charge on any atom is 0.307 e. The molecule has 2 aromatic carbocycles. The third-order valence-electron chi connectivity index (χ3n) is 3.45. The predicted molar refractivity (Wildman–Crippen MR) is 122 cm³/mol. The number of hydrogen-bond acceptors (Lipinski definition) is 4. The minimum absolute atomic E-state index is 0.184. The number of nitrogens with one attached hydrogen (secondary N) is 1. The lowest BCUT2D eigenvalue weighted by molar-refractivity contribution is 0.0929. The topological polar surface area (TPSA) is 63.8 Å². The Morgan fingerprint density at radius 1 is 1.30 bits per heavy atom. The van der Waals surface area contributed by atoms with Crippen molar-refractivity contribution in [1.82, 2.24) is 5.43 Å². The molecule has 0 aliphatic carbocycles. The average molecular weight is 604 g/mol. The Morgan fingerprint density at radius 2 is 2.11 bits per heavy atom. The Kier molecular flexibility index (Phi) is 6.72. The van der Waals surface area contributed by atoms with Crippen LogP contribution in [0.15, 0.2) is 67.5 Å². The molecule has 0 radical (unpaired) electrons. The monoisotopic (exact) mass is 602 g/mol. The van der Waals surface area contributed by atoms with Gasteiger partial charge in [0.15, 0.2) is 5.76 Å². The van der Waals surface area contributed by atoms with Crippen molar-refractivity contribution in [3.05, 3.63) is 72.9 Å². The zero-order valence-electron chi connectivity index (χ0n) is 13.8. The van der Waals surface area contributed by atoms with Crippen molar-refractivity contribution in [3.63, 3.8) is 0 Å². The van der Waals surface area contributed by atoms with E-state index in [2.05, 4.69) is 71.6 Å². The SMILES string of the molecule is C=CCOc1ccc(/C=N\NC(=O)c2cc3cc(Br)cc(Br)c3o2)cc1I. The van der Waals surface area contributed by atoms with Gasteiger partial charge in [0.05, 0.1) is 14.3 Å². The van der Waals surface area contributed by atoms with E-state index in [0.717, 1.165) is 29.2 Å². The van der Waals surface area contributed by atoms with Crippen LogP contribution in [0.3, 0.4) is 0 Å². The van der Waals surface area contributed by atoms with Gasteiger partial charge >= 0.3 is 5.91 Å². The molecule has 0 bridgehead atoms. The van der Waals surface area contributed by atoms with E-state index in [-0.39, 0.29) is 5.76 Å². The number of carbonyl (C=O) groups is 1. The van der Waals surface area contributed by atoms with E-state index < -0.39 is 5.91 Å². The second-order valence-electron chi connectivity index (χ2n) is 5.41. The molecule has 5 nitrogen and oxygen atoms in total. The Labute approximate surface area is 186 Å². The van der Waals surface area contributed by atoms with E-state index in [1.165, 1.54) is 0 Å². The number of nitrogens with zero attached hydrogens (tertiary/aromatic N) is 1. The number of amides is 1. The number of fused-ring (bicyclic) bond motifs is 1. The lowest BCUT2D eigenvalue weighted by Gasteiger charge is -2.06. The van der Waals surface area contributed by atoms with Crippen LogP contribution in [0.1, 0.15) is 16.1 Å². The highest BCUT2D eigenvalue weighted by Crippen LogP contribution is 2.31. The molecule has 8 heteroatoms. The predicted octanol–water partition coefficient (Wildman–Crippen LogP) is 5.89. The zero-order chi connectivity index (χ0) is 19.4. The van der Waals surface area contributed by atoms with E-state index in [4.69, 9.17) is 9.15 Å². The Morgan fingerprint density at radius 3 is 2.85 bits per heavy atom. The molecule has 27 heavy (non-hydrogen) atoms. The van der Waals surface area contributed by atoms with Crippen molar-refractivity contribution in [2.45, 2.75) is 0 Å². The fraction of sp³-hybridized carbons (Fsp3) is 0.0526. The van der Waals surface area contributed by atoms with E-state index in [1.54, 1.807) is 18.4 Å². The Bertz CT molecular complexity index is 1050. The van der Waals surface area contributed by atoms with Crippen molar-refractivity contribution < 1.29 is 13.9 Å². The lowest BCUT2D eigenvalue weighted by atomic mass is 10.2. The molecule has 0 saturated heterocycles. The molecule has 1 amide bonds. The van der Waals surface area contributed by atoms with Gasteiger partial charge in [-0.25, -0.2) is 5.43 Å². The standard InChI is InChI=1S/C19H13Br2IN2O3/c1-2-5-26-16-4-3-11(6-15(16)22)10-23-24-19(25)17-8-12-7-13(20)9-14(21)18(12)27-17/h2-4,6-10H,1,5H2,(H,24,25)/b23-10-. The first-order chi connectivity index (χ1) is 13.0. The summed E-state index contributed by atoms with van der Waals surface area (Å²) in [5.74, 6) is 0.533. The van der Waals surface area contributed by atoms with Crippen LogP contribution in [0.4, 0.5) is 0 Å². The van der Waals surface area contributed by atoms with Gasteiger partial charge in [-0.05, 0) is 80.5 Å². The van der Waals surface area contributed by atoms with Gasteiger partial charge in [0.2, 0.25) is 0 Å². The molecule has 0 atom stereocenters. The maximum absolute atomic E-state index is 12.3. The highest BCUT2D eigenvalue weighted by molar-refractivity contribution is 14.1. The number of hydrogen-bond donors (Lipinski definition) is 1. The number of furan rings is 1. The maximum atomic E-state index is 12.3. The van der Waals surface area contributed by atoms with E-state index in [1.807, 2.05) is 30.3 Å². The minimum Gasteiger partial charge on any atom is -0.488 e. The van der Waals surface area contributed by atoms with Crippen LogP contribution in [-0.4, -0.2) is 18.7 Å². The first-order valence-electron chi connectivity index (χ1n) is 7.73. The molecular weight excluding hydrogens is 591 g/mol. The lowest BCUT2D eigenvalue weighted by Crippen LogP contribution is -2.16. The molecule has 1 N–H and O–H groups in total. The van der Waals surface area contributed by atoms with Gasteiger partial charge in [-0.2, -0.15) is 5.10 Å². The van der Waals surface area contributed by atoms with E-state index >= 15 is 0 Å². The molecule has 0 spiro atoms. The third kappa shape index (κ3) is 4.99. The normalized spacial score (nSPS) is 11.1. The van der Waals surface area contributed by atoms with Crippen LogP contribution in [0, 0.1) is 3.57 Å². The average Bonchev–Trinajstić information content (AvgIpc) is 3.05. The summed E-state index contributed by atoms with van der Waals surface area (Å²) in [6.07, 6.45) is 3.25. The number of rotatable bonds is 6. The second kappa shape index (κ2) is 9.03. The summed E-state index contributed by atoms with van der Waals surface area (Å²) in [7, 11) is 0. The van der Waals surface area contributed by atoms with E-state index in [9.17, 15) is 4.79 Å². The van der Waals surface area contributed by atoms with Crippen LogP contribution in [-0.2, 0) is 0 Å². The fourth-order valence-corrected chi connectivity index (χ4v) is 4.31. The summed E-state index contributed by atoms with van der Waals surface area (Å²) in [5.41, 5.74) is 3.92. The summed E-state index contributed by atoms with van der Waals surface area (Å²) in [4.78, 5) is 12.3. The first-order valence-corrected chi connectivity index (χ1v) is 10.4. The van der Waals surface area contributed by atoms with Crippen molar-refractivity contribution in [2.24, 2.45) is 5.10 Å². The molecule has 1 aromatic heterocycles. The second-order valence-corrected chi connectivity index (χ2v) is 8.34. The zero-order valence-corrected chi connectivity index (χ0v) is 19.2. The van der Waals surface area contributed by atoms with Crippen LogP contribution >= 0.6 is 54.5 Å². The molecule has 0 aliphatic heterocycles. The molecule has 0 aliphatic rings. The van der Waals surface area contributed by atoms with E-state index in [0.29, 0.717) is 12.2 Å². The number of benzene rings is 2. The highest BCUT2D eigenvalue weighted by atomic mass is 127. The summed E-state index contributed by atoms with van der Waals surface area (Å²) in [6, 6.07) is 11.0.